The molecule has 120 valence electrons. The second-order valence-electron chi connectivity index (χ2n) is 5.44. The second-order valence-corrected chi connectivity index (χ2v) is 6.41. The van der Waals surface area contributed by atoms with E-state index in [0.29, 0.717) is 6.04 Å². The fourth-order valence-corrected chi connectivity index (χ4v) is 3.11. The molecule has 0 saturated carbocycles. The van der Waals surface area contributed by atoms with Crippen LogP contribution in [-0.2, 0) is 0 Å². The Morgan fingerprint density at radius 1 is 1.29 bits per heavy atom. The van der Waals surface area contributed by atoms with E-state index in [1.165, 1.54) is 30.6 Å². The Balaban J connectivity index is 2.35. The summed E-state index contributed by atoms with van der Waals surface area (Å²) in [6.07, 6.45) is 5.08. The summed E-state index contributed by atoms with van der Waals surface area (Å²) >= 11 is 1.80. The number of aliphatic imine (C=N–C) groups is 1. The lowest BCUT2D eigenvalue weighted by Gasteiger charge is -2.24. The number of unbranched alkanes of at least 4 members (excludes halogenated alkanes) is 3. The fourth-order valence-electron chi connectivity index (χ4n) is 2.19. The van der Waals surface area contributed by atoms with Crippen LogP contribution in [0.4, 0.5) is 0 Å². The average molecular weight is 311 g/mol. The monoisotopic (exact) mass is 310 g/mol. The summed E-state index contributed by atoms with van der Waals surface area (Å²) in [6, 6.07) is 4.68. The average Bonchev–Trinajstić information content (AvgIpc) is 2.98. The smallest absolute Gasteiger partial charge is 0.191 e. The van der Waals surface area contributed by atoms with E-state index in [2.05, 4.69) is 59.1 Å². The lowest BCUT2D eigenvalue weighted by molar-refractivity contribution is 0.302. The van der Waals surface area contributed by atoms with Crippen LogP contribution in [0.5, 0.6) is 0 Å². The lowest BCUT2D eigenvalue weighted by Crippen LogP contribution is -2.41. The van der Waals surface area contributed by atoms with E-state index in [1.807, 2.05) is 7.05 Å². The van der Waals surface area contributed by atoms with Crippen molar-refractivity contribution in [2.45, 2.75) is 38.6 Å². The van der Waals surface area contributed by atoms with Crippen molar-refractivity contribution in [2.24, 2.45) is 4.99 Å². The van der Waals surface area contributed by atoms with Crippen molar-refractivity contribution < 1.29 is 0 Å². The van der Waals surface area contributed by atoms with Gasteiger partial charge in [0.25, 0.3) is 0 Å². The van der Waals surface area contributed by atoms with Gasteiger partial charge in [-0.15, -0.1) is 11.3 Å². The van der Waals surface area contributed by atoms with E-state index in [9.17, 15) is 0 Å². The van der Waals surface area contributed by atoms with Crippen LogP contribution in [0.3, 0.4) is 0 Å². The minimum absolute atomic E-state index is 0.378. The number of hydrogen-bond acceptors (Lipinski definition) is 3. The van der Waals surface area contributed by atoms with Crippen LogP contribution >= 0.6 is 11.3 Å². The molecule has 0 spiro atoms. The van der Waals surface area contributed by atoms with Gasteiger partial charge in [-0.2, -0.15) is 0 Å². The Kier molecular flexibility index (Phi) is 9.10. The third-order valence-electron chi connectivity index (χ3n) is 3.50. The van der Waals surface area contributed by atoms with Crippen LogP contribution in [0.25, 0.3) is 0 Å². The molecule has 0 saturated heterocycles. The van der Waals surface area contributed by atoms with Crippen molar-refractivity contribution in [2.75, 3.05) is 34.2 Å². The Morgan fingerprint density at radius 2 is 2.10 bits per heavy atom. The number of hydrogen-bond donors (Lipinski definition) is 2. The molecule has 1 rings (SSSR count). The number of nitrogens with zero attached hydrogens (tertiary/aromatic N) is 2. The van der Waals surface area contributed by atoms with Gasteiger partial charge in [0, 0.05) is 25.0 Å². The third kappa shape index (κ3) is 6.96. The van der Waals surface area contributed by atoms with Crippen molar-refractivity contribution in [3.8, 4) is 0 Å². The molecule has 5 heteroatoms. The van der Waals surface area contributed by atoms with Gasteiger partial charge in [-0.25, -0.2) is 0 Å². The van der Waals surface area contributed by atoms with Gasteiger partial charge in [0.15, 0.2) is 5.96 Å². The maximum atomic E-state index is 4.30. The molecule has 4 nitrogen and oxygen atoms in total. The molecule has 0 aromatic carbocycles. The van der Waals surface area contributed by atoms with Crippen LogP contribution in [0.1, 0.15) is 43.5 Å². The zero-order valence-electron chi connectivity index (χ0n) is 13.9. The Labute approximate surface area is 133 Å². The Hall–Kier alpha value is -1.07. The summed E-state index contributed by atoms with van der Waals surface area (Å²) in [6.45, 7) is 4.09. The Bertz CT molecular complexity index is 387. The van der Waals surface area contributed by atoms with Crippen molar-refractivity contribution in [3.05, 3.63) is 22.4 Å². The van der Waals surface area contributed by atoms with Gasteiger partial charge in [-0.3, -0.25) is 4.99 Å². The number of rotatable bonds is 9. The molecule has 2 N–H and O–H groups in total. The molecule has 0 aliphatic rings. The maximum Gasteiger partial charge on any atom is 0.191 e. The van der Waals surface area contributed by atoms with E-state index in [-0.39, 0.29) is 0 Å². The first kappa shape index (κ1) is 18.0. The van der Waals surface area contributed by atoms with Crippen molar-refractivity contribution in [3.63, 3.8) is 0 Å². The summed E-state index contributed by atoms with van der Waals surface area (Å²) in [7, 11) is 6.07. The number of likely N-dealkylation sites (N-methyl/N-ethyl adjacent to an activating group) is 1. The van der Waals surface area contributed by atoms with Crippen molar-refractivity contribution in [1.29, 1.82) is 0 Å². The minimum Gasteiger partial charge on any atom is -0.356 e. The van der Waals surface area contributed by atoms with Gasteiger partial charge in [0.1, 0.15) is 0 Å². The van der Waals surface area contributed by atoms with Crippen molar-refractivity contribution in [1.82, 2.24) is 15.5 Å². The van der Waals surface area contributed by atoms with E-state index in [4.69, 9.17) is 0 Å². The first-order valence-corrected chi connectivity index (χ1v) is 8.71. The summed E-state index contributed by atoms with van der Waals surface area (Å²) < 4.78 is 0. The van der Waals surface area contributed by atoms with E-state index in [0.717, 1.165) is 19.0 Å². The number of nitrogens with one attached hydrogen (secondary N) is 2. The normalized spacial score (nSPS) is 13.5. The van der Waals surface area contributed by atoms with Crippen LogP contribution in [-0.4, -0.2) is 45.1 Å². The minimum atomic E-state index is 0.378. The fraction of sp³-hybridized carbons (Fsp3) is 0.688. The molecule has 1 aromatic rings. The molecule has 0 aliphatic heterocycles. The van der Waals surface area contributed by atoms with Crippen molar-refractivity contribution >= 4 is 17.3 Å². The third-order valence-corrected chi connectivity index (χ3v) is 4.48. The molecule has 0 amide bonds. The van der Waals surface area contributed by atoms with Crippen LogP contribution in [0.2, 0.25) is 0 Å². The first-order chi connectivity index (χ1) is 10.2. The molecule has 0 aliphatic carbocycles. The molecule has 0 radical (unpaired) electrons. The highest BCUT2D eigenvalue weighted by molar-refractivity contribution is 7.10. The van der Waals surface area contributed by atoms with Crippen LogP contribution in [0.15, 0.2) is 22.5 Å². The highest BCUT2D eigenvalue weighted by Crippen LogP contribution is 2.22. The van der Waals surface area contributed by atoms with Crippen LogP contribution in [0, 0.1) is 0 Å². The zero-order chi connectivity index (χ0) is 15.5. The summed E-state index contributed by atoms with van der Waals surface area (Å²) in [4.78, 5) is 7.92. The molecule has 1 unspecified atom stereocenters. The predicted octanol–water partition coefficient (Wildman–Crippen LogP) is 3.10. The maximum absolute atomic E-state index is 4.30. The molecule has 1 aromatic heterocycles. The topological polar surface area (TPSA) is 39.7 Å². The van der Waals surface area contributed by atoms with Crippen LogP contribution < -0.4 is 10.6 Å². The number of guanidine groups is 1. The van der Waals surface area contributed by atoms with Gasteiger partial charge in [-0.05, 0) is 32.0 Å². The Morgan fingerprint density at radius 3 is 2.67 bits per heavy atom. The predicted molar refractivity (Wildman–Crippen MR) is 94.3 cm³/mol. The molecular formula is C16H30N4S. The highest BCUT2D eigenvalue weighted by atomic mass is 32.1. The standard InChI is InChI=1S/C16H30N4S/c1-5-6-7-8-11-18-16(17-2)19-13-14(20(3)4)15-10-9-12-21-15/h9-10,12,14H,5-8,11,13H2,1-4H3,(H2,17,18,19). The van der Waals surface area contributed by atoms with Gasteiger partial charge >= 0.3 is 0 Å². The molecule has 1 heterocycles. The van der Waals surface area contributed by atoms with Gasteiger partial charge < -0.3 is 15.5 Å². The molecule has 0 bridgehead atoms. The molecule has 0 fully saturated rings. The largest absolute Gasteiger partial charge is 0.356 e. The molecular weight excluding hydrogens is 280 g/mol. The summed E-state index contributed by atoms with van der Waals surface area (Å²) in [5.41, 5.74) is 0. The van der Waals surface area contributed by atoms with Gasteiger partial charge in [0.05, 0.1) is 6.04 Å². The van der Waals surface area contributed by atoms with Gasteiger partial charge in [-0.1, -0.05) is 32.3 Å². The summed E-state index contributed by atoms with van der Waals surface area (Å²) in [5.74, 6) is 0.898. The zero-order valence-corrected chi connectivity index (χ0v) is 14.7. The van der Waals surface area contributed by atoms with E-state index in [1.54, 1.807) is 11.3 Å². The summed E-state index contributed by atoms with van der Waals surface area (Å²) in [5, 5.41) is 8.96. The lowest BCUT2D eigenvalue weighted by atomic mass is 10.2. The second kappa shape index (κ2) is 10.6. The van der Waals surface area contributed by atoms with E-state index < -0.39 is 0 Å². The molecule has 1 atom stereocenters. The quantitative estimate of drug-likeness (QED) is 0.418. The highest BCUT2D eigenvalue weighted by Gasteiger charge is 2.15. The number of thiophene rings is 1. The molecule has 21 heavy (non-hydrogen) atoms. The first-order valence-electron chi connectivity index (χ1n) is 7.83. The van der Waals surface area contributed by atoms with E-state index >= 15 is 0 Å². The van der Waals surface area contributed by atoms with Gasteiger partial charge in [0.2, 0.25) is 0 Å². The SMILES string of the molecule is CCCCCCNC(=NC)NCC(c1cccs1)N(C)C.